The van der Waals surface area contributed by atoms with Crippen molar-refractivity contribution in [1.29, 1.82) is 0 Å². The molecule has 0 atom stereocenters. The van der Waals surface area contributed by atoms with E-state index in [4.69, 9.17) is 0 Å². The van der Waals surface area contributed by atoms with Gasteiger partial charge in [0.1, 0.15) is 0 Å². The Balaban J connectivity index is 1.69. The van der Waals surface area contributed by atoms with Crippen molar-refractivity contribution in [2.24, 2.45) is 0 Å². The summed E-state index contributed by atoms with van der Waals surface area (Å²) in [5.41, 5.74) is 10.4. The van der Waals surface area contributed by atoms with Crippen LogP contribution in [0.3, 0.4) is 0 Å². The molecule has 0 amide bonds. The Bertz CT molecular complexity index is 1810. The first-order valence-corrected chi connectivity index (χ1v) is 12.5. The molecule has 6 aromatic rings. The maximum atomic E-state index is 4.67. The molecule has 172 valence electrons. The van der Waals surface area contributed by atoms with Crippen LogP contribution in [0.15, 0.2) is 103 Å². The van der Waals surface area contributed by atoms with Crippen LogP contribution in [0.2, 0.25) is 0 Å². The number of aryl methyl sites for hydroxylation is 1. The Morgan fingerprint density at radius 2 is 1.17 bits per heavy atom. The molecular formula is C34H26N2. The van der Waals surface area contributed by atoms with Crippen molar-refractivity contribution in [3.63, 3.8) is 0 Å². The fourth-order valence-electron chi connectivity index (χ4n) is 6.21. The SMILES string of the molecule is Cc1ccc2c(-c3ncccn3)c3ccccc3c(-c3cccc4c3-c3ccccc3C4(C)C)c2c1. The number of benzene rings is 5. The van der Waals surface area contributed by atoms with E-state index in [1.807, 2.05) is 18.5 Å². The predicted octanol–water partition coefficient (Wildman–Crippen LogP) is 8.73. The van der Waals surface area contributed by atoms with E-state index in [-0.39, 0.29) is 5.41 Å². The maximum Gasteiger partial charge on any atom is 0.160 e. The molecule has 0 saturated heterocycles. The molecule has 7 rings (SSSR count). The zero-order valence-electron chi connectivity index (χ0n) is 20.7. The van der Waals surface area contributed by atoms with Crippen LogP contribution in [-0.4, -0.2) is 9.97 Å². The molecule has 2 heteroatoms. The topological polar surface area (TPSA) is 25.8 Å². The highest BCUT2D eigenvalue weighted by Gasteiger charge is 2.37. The van der Waals surface area contributed by atoms with Crippen molar-refractivity contribution in [1.82, 2.24) is 9.97 Å². The predicted molar refractivity (Wildman–Crippen MR) is 150 cm³/mol. The van der Waals surface area contributed by atoms with E-state index < -0.39 is 0 Å². The minimum absolute atomic E-state index is 0.0404. The van der Waals surface area contributed by atoms with E-state index in [1.54, 1.807) is 0 Å². The van der Waals surface area contributed by atoms with Gasteiger partial charge >= 0.3 is 0 Å². The second-order valence-electron chi connectivity index (χ2n) is 10.3. The molecule has 0 unspecified atom stereocenters. The Morgan fingerprint density at radius 1 is 0.528 bits per heavy atom. The summed E-state index contributed by atoms with van der Waals surface area (Å²) in [6.07, 6.45) is 3.66. The third kappa shape index (κ3) is 2.85. The van der Waals surface area contributed by atoms with Gasteiger partial charge in [-0.05, 0) is 67.9 Å². The zero-order chi connectivity index (χ0) is 24.4. The monoisotopic (exact) mass is 462 g/mol. The molecular weight excluding hydrogens is 436 g/mol. The molecule has 1 heterocycles. The average Bonchev–Trinajstić information content (AvgIpc) is 3.15. The molecule has 0 bridgehead atoms. The molecule has 36 heavy (non-hydrogen) atoms. The number of fused-ring (bicyclic) bond motifs is 5. The van der Waals surface area contributed by atoms with Gasteiger partial charge in [0.05, 0.1) is 0 Å². The minimum atomic E-state index is -0.0404. The highest BCUT2D eigenvalue weighted by Crippen LogP contribution is 2.54. The van der Waals surface area contributed by atoms with Gasteiger partial charge in [-0.1, -0.05) is 104 Å². The first kappa shape index (κ1) is 21.0. The summed E-state index contributed by atoms with van der Waals surface area (Å²) < 4.78 is 0. The fraction of sp³-hybridized carbons (Fsp3) is 0.118. The van der Waals surface area contributed by atoms with Gasteiger partial charge in [0.2, 0.25) is 0 Å². The van der Waals surface area contributed by atoms with E-state index in [1.165, 1.54) is 60.5 Å². The van der Waals surface area contributed by atoms with Crippen LogP contribution in [0.4, 0.5) is 0 Å². The van der Waals surface area contributed by atoms with E-state index in [9.17, 15) is 0 Å². The van der Waals surface area contributed by atoms with Crippen LogP contribution in [-0.2, 0) is 5.41 Å². The van der Waals surface area contributed by atoms with Crippen LogP contribution in [0.25, 0.3) is 55.2 Å². The highest BCUT2D eigenvalue weighted by atomic mass is 14.9. The number of nitrogens with zero attached hydrogens (tertiary/aromatic N) is 2. The van der Waals surface area contributed by atoms with Gasteiger partial charge in [0.25, 0.3) is 0 Å². The number of rotatable bonds is 2. The molecule has 1 aliphatic rings. The van der Waals surface area contributed by atoms with E-state index >= 15 is 0 Å². The van der Waals surface area contributed by atoms with Gasteiger partial charge in [0.15, 0.2) is 5.82 Å². The molecule has 0 fully saturated rings. The Hall–Kier alpha value is -4.30. The van der Waals surface area contributed by atoms with Gasteiger partial charge in [-0.25, -0.2) is 9.97 Å². The van der Waals surface area contributed by atoms with E-state index in [2.05, 4.69) is 116 Å². The van der Waals surface area contributed by atoms with Crippen LogP contribution in [0.1, 0.15) is 30.5 Å². The van der Waals surface area contributed by atoms with Crippen LogP contribution in [0.5, 0.6) is 0 Å². The number of hydrogen-bond donors (Lipinski definition) is 0. The Kier molecular flexibility index (Phi) is 4.44. The lowest BCUT2D eigenvalue weighted by Gasteiger charge is -2.22. The van der Waals surface area contributed by atoms with Crippen LogP contribution >= 0.6 is 0 Å². The third-order valence-corrected chi connectivity index (χ3v) is 7.85. The summed E-state index contributed by atoms with van der Waals surface area (Å²) >= 11 is 0. The molecule has 5 aromatic carbocycles. The summed E-state index contributed by atoms with van der Waals surface area (Å²) in [6, 6.07) is 33.1. The van der Waals surface area contributed by atoms with Gasteiger partial charge in [-0.3, -0.25) is 0 Å². The summed E-state index contributed by atoms with van der Waals surface area (Å²) in [7, 11) is 0. The minimum Gasteiger partial charge on any atom is -0.237 e. The van der Waals surface area contributed by atoms with E-state index in [0.717, 1.165) is 11.4 Å². The van der Waals surface area contributed by atoms with Gasteiger partial charge in [-0.15, -0.1) is 0 Å². The lowest BCUT2D eigenvalue weighted by molar-refractivity contribution is 0.660. The van der Waals surface area contributed by atoms with Crippen molar-refractivity contribution in [2.75, 3.05) is 0 Å². The summed E-state index contributed by atoms with van der Waals surface area (Å²) in [5, 5.41) is 4.84. The average molecular weight is 463 g/mol. The Labute approximate surface area is 211 Å². The first-order valence-electron chi connectivity index (χ1n) is 12.5. The molecule has 0 spiro atoms. The second kappa shape index (κ2) is 7.60. The quantitative estimate of drug-likeness (QED) is 0.240. The standard InChI is InChI=1S/C34H26N2/c1-21-16-17-24-27(20-21)30(22-10-4-5-11-23(22)32(24)33-35-18-9-19-36-33)26-13-8-15-29-31(26)25-12-6-7-14-28(25)34(29,2)3/h4-20H,1-3H3. The van der Waals surface area contributed by atoms with Crippen molar-refractivity contribution >= 4 is 21.5 Å². The fourth-order valence-corrected chi connectivity index (χ4v) is 6.21. The molecule has 0 radical (unpaired) electrons. The van der Waals surface area contributed by atoms with Crippen molar-refractivity contribution in [3.8, 4) is 33.6 Å². The third-order valence-electron chi connectivity index (χ3n) is 7.85. The van der Waals surface area contributed by atoms with Gasteiger partial charge in [-0.2, -0.15) is 0 Å². The second-order valence-corrected chi connectivity index (χ2v) is 10.3. The van der Waals surface area contributed by atoms with Crippen molar-refractivity contribution in [3.05, 3.63) is 120 Å². The lowest BCUT2D eigenvalue weighted by Crippen LogP contribution is -2.14. The van der Waals surface area contributed by atoms with Crippen molar-refractivity contribution in [2.45, 2.75) is 26.2 Å². The zero-order valence-corrected chi connectivity index (χ0v) is 20.7. The molecule has 0 N–H and O–H groups in total. The summed E-state index contributed by atoms with van der Waals surface area (Å²) in [5.74, 6) is 0.763. The summed E-state index contributed by atoms with van der Waals surface area (Å²) in [4.78, 5) is 9.34. The molecule has 0 saturated carbocycles. The molecule has 1 aromatic heterocycles. The Morgan fingerprint density at radius 3 is 1.97 bits per heavy atom. The normalized spacial score (nSPS) is 13.6. The lowest BCUT2D eigenvalue weighted by atomic mass is 9.81. The number of aromatic nitrogens is 2. The molecule has 1 aliphatic carbocycles. The van der Waals surface area contributed by atoms with Crippen molar-refractivity contribution < 1.29 is 0 Å². The van der Waals surface area contributed by atoms with Gasteiger partial charge in [0, 0.05) is 23.4 Å². The smallest absolute Gasteiger partial charge is 0.160 e. The number of hydrogen-bond acceptors (Lipinski definition) is 2. The van der Waals surface area contributed by atoms with Gasteiger partial charge < -0.3 is 0 Å². The molecule has 2 nitrogen and oxygen atoms in total. The van der Waals surface area contributed by atoms with Crippen LogP contribution in [0, 0.1) is 6.92 Å². The first-order chi connectivity index (χ1) is 17.6. The van der Waals surface area contributed by atoms with Crippen LogP contribution < -0.4 is 0 Å². The van der Waals surface area contributed by atoms with E-state index in [0.29, 0.717) is 0 Å². The maximum absolute atomic E-state index is 4.67. The molecule has 0 aliphatic heterocycles. The largest absolute Gasteiger partial charge is 0.237 e. The summed E-state index contributed by atoms with van der Waals surface area (Å²) in [6.45, 7) is 6.86. The highest BCUT2D eigenvalue weighted by molar-refractivity contribution is 6.22.